The van der Waals surface area contributed by atoms with E-state index in [0.29, 0.717) is 54.0 Å². The van der Waals surface area contributed by atoms with Crippen LogP contribution in [0.1, 0.15) is 27.4 Å². The fourth-order valence-corrected chi connectivity index (χ4v) is 4.05. The standard InChI is InChI=1S/C23H22N6O2/c1-15-26-19-9-11-28(10-8-18(19)23(31)27(15)2)22(30)16-12-20-21(24-13-16)29(14-25-20)17-6-4-3-5-7-17/h3-7,12-14H,8-11H2,1-2H3. The van der Waals surface area contributed by atoms with Crippen molar-refractivity contribution in [3.05, 3.63) is 81.9 Å². The molecule has 3 aromatic heterocycles. The van der Waals surface area contributed by atoms with Crippen LogP contribution in [0, 0.1) is 6.92 Å². The van der Waals surface area contributed by atoms with Gasteiger partial charge in [0.2, 0.25) is 0 Å². The first kappa shape index (κ1) is 19.2. The molecule has 0 aliphatic carbocycles. The number of aryl methyl sites for hydroxylation is 1. The molecule has 1 aliphatic rings. The lowest BCUT2D eigenvalue weighted by Crippen LogP contribution is -2.33. The summed E-state index contributed by atoms with van der Waals surface area (Å²) in [5, 5.41) is 0. The number of aromatic nitrogens is 5. The average molecular weight is 414 g/mol. The molecule has 0 N–H and O–H groups in total. The van der Waals surface area contributed by atoms with Gasteiger partial charge < -0.3 is 4.90 Å². The van der Waals surface area contributed by atoms with Gasteiger partial charge in [-0.15, -0.1) is 0 Å². The zero-order valence-corrected chi connectivity index (χ0v) is 17.4. The molecular formula is C23H22N6O2. The van der Waals surface area contributed by atoms with Crippen molar-refractivity contribution in [2.24, 2.45) is 7.05 Å². The molecule has 4 heterocycles. The molecule has 0 radical (unpaired) electrons. The van der Waals surface area contributed by atoms with Crippen molar-refractivity contribution in [2.45, 2.75) is 19.8 Å². The Morgan fingerprint density at radius 2 is 1.84 bits per heavy atom. The highest BCUT2D eigenvalue weighted by molar-refractivity contribution is 5.96. The molecule has 4 aromatic rings. The van der Waals surface area contributed by atoms with E-state index in [1.54, 1.807) is 35.1 Å². The maximum Gasteiger partial charge on any atom is 0.256 e. The predicted octanol–water partition coefficient (Wildman–Crippen LogP) is 2.06. The van der Waals surface area contributed by atoms with Crippen molar-refractivity contribution in [1.29, 1.82) is 0 Å². The zero-order valence-electron chi connectivity index (χ0n) is 17.4. The normalized spacial score (nSPS) is 13.8. The maximum atomic E-state index is 13.2. The quantitative estimate of drug-likeness (QED) is 0.501. The van der Waals surface area contributed by atoms with Crippen LogP contribution < -0.4 is 5.56 Å². The number of rotatable bonds is 2. The molecule has 0 unspecified atom stereocenters. The van der Waals surface area contributed by atoms with E-state index in [1.807, 2.05) is 41.8 Å². The Kier molecular flexibility index (Phi) is 4.62. The lowest BCUT2D eigenvalue weighted by molar-refractivity contribution is 0.0762. The van der Waals surface area contributed by atoms with Gasteiger partial charge in [-0.2, -0.15) is 0 Å². The molecule has 1 aliphatic heterocycles. The van der Waals surface area contributed by atoms with E-state index < -0.39 is 0 Å². The monoisotopic (exact) mass is 414 g/mol. The van der Waals surface area contributed by atoms with Crippen LogP contribution >= 0.6 is 0 Å². The minimum absolute atomic E-state index is 0.0219. The van der Waals surface area contributed by atoms with E-state index in [0.717, 1.165) is 11.4 Å². The molecule has 8 heteroatoms. The van der Waals surface area contributed by atoms with Crippen LogP contribution in [0.2, 0.25) is 0 Å². The summed E-state index contributed by atoms with van der Waals surface area (Å²) >= 11 is 0. The summed E-state index contributed by atoms with van der Waals surface area (Å²) in [6.07, 6.45) is 4.38. The van der Waals surface area contributed by atoms with Crippen molar-refractivity contribution in [2.75, 3.05) is 13.1 Å². The third-order valence-corrected chi connectivity index (χ3v) is 5.90. The number of hydrogen-bond acceptors (Lipinski definition) is 5. The van der Waals surface area contributed by atoms with Gasteiger partial charge in [-0.05, 0) is 31.5 Å². The van der Waals surface area contributed by atoms with Gasteiger partial charge in [-0.3, -0.25) is 18.7 Å². The van der Waals surface area contributed by atoms with E-state index in [1.165, 1.54) is 0 Å². The first-order valence-corrected chi connectivity index (χ1v) is 10.3. The summed E-state index contributed by atoms with van der Waals surface area (Å²) in [5.74, 6) is 0.581. The summed E-state index contributed by atoms with van der Waals surface area (Å²) < 4.78 is 3.47. The number of nitrogens with zero attached hydrogens (tertiary/aromatic N) is 6. The van der Waals surface area contributed by atoms with Gasteiger partial charge in [-0.25, -0.2) is 15.0 Å². The number of para-hydroxylation sites is 1. The third-order valence-electron chi connectivity index (χ3n) is 5.90. The number of imidazole rings is 1. The molecule has 0 bridgehead atoms. The van der Waals surface area contributed by atoms with Gasteiger partial charge in [0.1, 0.15) is 17.7 Å². The SMILES string of the molecule is Cc1nc2c(c(=O)n1C)CCN(C(=O)c1cnc3c(c1)ncn3-c1ccccc1)CC2. The fraction of sp³-hybridized carbons (Fsp3) is 0.261. The van der Waals surface area contributed by atoms with Crippen molar-refractivity contribution in [1.82, 2.24) is 29.0 Å². The minimum Gasteiger partial charge on any atom is -0.338 e. The van der Waals surface area contributed by atoms with Crippen LogP contribution in [0.3, 0.4) is 0 Å². The van der Waals surface area contributed by atoms with Gasteiger partial charge in [0, 0.05) is 44.0 Å². The van der Waals surface area contributed by atoms with E-state index in [-0.39, 0.29) is 11.5 Å². The van der Waals surface area contributed by atoms with Gasteiger partial charge in [0.05, 0.1) is 11.3 Å². The zero-order chi connectivity index (χ0) is 21.5. The molecular weight excluding hydrogens is 392 g/mol. The molecule has 8 nitrogen and oxygen atoms in total. The molecule has 31 heavy (non-hydrogen) atoms. The molecule has 0 spiro atoms. The molecule has 0 saturated carbocycles. The second-order valence-corrected chi connectivity index (χ2v) is 7.76. The topological polar surface area (TPSA) is 85.9 Å². The van der Waals surface area contributed by atoms with E-state index in [9.17, 15) is 9.59 Å². The Hall–Kier alpha value is -3.81. The molecule has 0 saturated heterocycles. The number of hydrogen-bond donors (Lipinski definition) is 0. The highest BCUT2D eigenvalue weighted by Gasteiger charge is 2.24. The van der Waals surface area contributed by atoms with E-state index in [2.05, 4.69) is 15.0 Å². The first-order chi connectivity index (χ1) is 15.0. The van der Waals surface area contributed by atoms with Gasteiger partial charge >= 0.3 is 0 Å². The highest BCUT2D eigenvalue weighted by Crippen LogP contribution is 2.19. The minimum atomic E-state index is -0.106. The second kappa shape index (κ2) is 7.46. The molecule has 156 valence electrons. The summed E-state index contributed by atoms with van der Waals surface area (Å²) in [6, 6.07) is 11.6. The van der Waals surface area contributed by atoms with Crippen LogP contribution in [0.25, 0.3) is 16.9 Å². The number of amides is 1. The highest BCUT2D eigenvalue weighted by atomic mass is 16.2. The number of benzene rings is 1. The summed E-state index contributed by atoms with van der Waals surface area (Å²) in [7, 11) is 1.73. The van der Waals surface area contributed by atoms with Crippen molar-refractivity contribution >= 4 is 17.1 Å². The Bertz CT molecular complexity index is 1360. The molecule has 0 atom stereocenters. The molecule has 1 amide bonds. The lowest BCUT2D eigenvalue weighted by Gasteiger charge is -2.20. The van der Waals surface area contributed by atoms with Crippen LogP contribution in [0.15, 0.2) is 53.7 Å². The Morgan fingerprint density at radius 1 is 1.06 bits per heavy atom. The largest absolute Gasteiger partial charge is 0.338 e. The molecule has 0 fully saturated rings. The fourth-order valence-electron chi connectivity index (χ4n) is 4.05. The predicted molar refractivity (Wildman–Crippen MR) is 116 cm³/mol. The van der Waals surface area contributed by atoms with Crippen LogP contribution in [-0.2, 0) is 19.9 Å². The van der Waals surface area contributed by atoms with Crippen LogP contribution in [0.5, 0.6) is 0 Å². The first-order valence-electron chi connectivity index (χ1n) is 10.3. The lowest BCUT2D eigenvalue weighted by atomic mass is 10.1. The number of pyridine rings is 1. The number of carbonyl (C=O) groups excluding carboxylic acids is 1. The van der Waals surface area contributed by atoms with E-state index >= 15 is 0 Å². The summed E-state index contributed by atoms with van der Waals surface area (Å²) in [5.41, 5.74) is 4.31. The Morgan fingerprint density at radius 3 is 2.65 bits per heavy atom. The van der Waals surface area contributed by atoms with Gasteiger partial charge in [0.25, 0.3) is 11.5 Å². The van der Waals surface area contributed by atoms with Gasteiger partial charge in [-0.1, -0.05) is 18.2 Å². The van der Waals surface area contributed by atoms with Crippen LogP contribution in [0.4, 0.5) is 0 Å². The maximum absolute atomic E-state index is 13.2. The third kappa shape index (κ3) is 3.30. The summed E-state index contributed by atoms with van der Waals surface area (Å²) in [6.45, 7) is 2.81. The smallest absolute Gasteiger partial charge is 0.256 e. The number of carbonyl (C=O) groups is 1. The Labute approximate surface area is 178 Å². The molecule has 1 aromatic carbocycles. The molecule has 5 rings (SSSR count). The van der Waals surface area contributed by atoms with E-state index in [4.69, 9.17) is 0 Å². The van der Waals surface area contributed by atoms with Gasteiger partial charge in [0.15, 0.2) is 5.65 Å². The Balaban J connectivity index is 1.42. The second-order valence-electron chi connectivity index (χ2n) is 7.76. The summed E-state index contributed by atoms with van der Waals surface area (Å²) in [4.78, 5) is 41.1. The average Bonchev–Trinajstić information content (AvgIpc) is 3.10. The number of fused-ring (bicyclic) bond motifs is 2. The van der Waals surface area contributed by atoms with Crippen molar-refractivity contribution in [3.63, 3.8) is 0 Å². The van der Waals surface area contributed by atoms with Crippen molar-refractivity contribution < 1.29 is 4.79 Å². The van der Waals surface area contributed by atoms with Crippen molar-refractivity contribution in [3.8, 4) is 5.69 Å². The van der Waals surface area contributed by atoms with Crippen LogP contribution in [-0.4, -0.2) is 48.0 Å².